The number of halogens is 1. The molecule has 1 aliphatic rings. The third kappa shape index (κ3) is 4.35. The topological polar surface area (TPSA) is 35.6 Å². The summed E-state index contributed by atoms with van der Waals surface area (Å²) in [5.41, 5.74) is 1.50. The molecule has 1 fully saturated rings. The summed E-state index contributed by atoms with van der Waals surface area (Å²) in [5.74, 6) is 0.625. The number of piperidine rings is 1. The van der Waals surface area contributed by atoms with Crippen LogP contribution in [0.1, 0.15) is 23.2 Å². The van der Waals surface area contributed by atoms with Gasteiger partial charge in [0.1, 0.15) is 0 Å². The summed E-state index contributed by atoms with van der Waals surface area (Å²) in [6, 6.07) is 5.40. The normalized spacial score (nSPS) is 19.3. The highest BCUT2D eigenvalue weighted by molar-refractivity contribution is 6.33. The van der Waals surface area contributed by atoms with E-state index in [1.807, 2.05) is 6.07 Å². The molecule has 0 spiro atoms. The molecule has 116 valence electrons. The van der Waals surface area contributed by atoms with E-state index in [4.69, 9.17) is 11.6 Å². The molecule has 1 N–H and O–H groups in total. The van der Waals surface area contributed by atoms with Gasteiger partial charge >= 0.3 is 0 Å². The maximum Gasteiger partial charge on any atom is 0.253 e. The Morgan fingerprint density at radius 3 is 2.90 bits per heavy atom. The van der Waals surface area contributed by atoms with E-state index in [-0.39, 0.29) is 5.91 Å². The molecule has 1 aromatic rings. The van der Waals surface area contributed by atoms with Crippen molar-refractivity contribution >= 4 is 23.2 Å². The van der Waals surface area contributed by atoms with Crippen LogP contribution < -0.4 is 5.32 Å². The second kappa shape index (κ2) is 7.14. The van der Waals surface area contributed by atoms with Gasteiger partial charge in [0, 0.05) is 32.7 Å². The fraction of sp³-hybridized carbons (Fsp3) is 0.562. The lowest BCUT2D eigenvalue weighted by atomic mass is 9.98. The number of carbonyl (C=O) groups excluding carboxylic acids is 1. The molecule has 0 aromatic heterocycles. The molecule has 1 amide bonds. The van der Waals surface area contributed by atoms with Crippen molar-refractivity contribution in [3.8, 4) is 0 Å². The number of hydrogen-bond acceptors (Lipinski definition) is 3. The molecular formula is C16H24ClN3O. The number of carbonyl (C=O) groups is 1. The van der Waals surface area contributed by atoms with E-state index in [0.717, 1.165) is 18.8 Å². The Hall–Kier alpha value is -1.26. The quantitative estimate of drug-likeness (QED) is 0.929. The highest BCUT2D eigenvalue weighted by Gasteiger charge is 2.17. The molecule has 1 aromatic carbocycles. The minimum atomic E-state index is -0.00730. The summed E-state index contributed by atoms with van der Waals surface area (Å²) in [4.78, 5) is 15.9. The minimum absolute atomic E-state index is 0.00730. The van der Waals surface area contributed by atoms with Gasteiger partial charge in [-0.15, -0.1) is 0 Å². The molecule has 0 bridgehead atoms. The van der Waals surface area contributed by atoms with E-state index < -0.39 is 0 Å². The van der Waals surface area contributed by atoms with Crippen LogP contribution in [0.3, 0.4) is 0 Å². The third-order valence-corrected chi connectivity index (χ3v) is 4.25. The summed E-state index contributed by atoms with van der Waals surface area (Å²) in [6.45, 7) is 3.19. The zero-order chi connectivity index (χ0) is 15.4. The Kier molecular flexibility index (Phi) is 5.48. The fourth-order valence-electron chi connectivity index (χ4n) is 2.75. The van der Waals surface area contributed by atoms with E-state index in [1.54, 1.807) is 31.1 Å². The van der Waals surface area contributed by atoms with Crippen LogP contribution >= 0.6 is 11.6 Å². The van der Waals surface area contributed by atoms with Crippen LogP contribution in [0, 0.1) is 5.92 Å². The van der Waals surface area contributed by atoms with Crippen molar-refractivity contribution in [3.63, 3.8) is 0 Å². The number of amides is 1. The van der Waals surface area contributed by atoms with Gasteiger partial charge in [0.05, 0.1) is 10.7 Å². The van der Waals surface area contributed by atoms with Gasteiger partial charge in [-0.1, -0.05) is 11.6 Å². The second-order valence-corrected chi connectivity index (χ2v) is 6.45. The van der Waals surface area contributed by atoms with E-state index in [9.17, 15) is 4.79 Å². The van der Waals surface area contributed by atoms with Gasteiger partial charge in [-0.25, -0.2) is 0 Å². The largest absolute Gasteiger partial charge is 0.383 e. The van der Waals surface area contributed by atoms with Gasteiger partial charge in [0.25, 0.3) is 5.91 Å². The van der Waals surface area contributed by atoms with Crippen molar-refractivity contribution in [2.24, 2.45) is 5.92 Å². The number of hydrogen-bond donors (Lipinski definition) is 1. The Bertz CT molecular complexity index is 504. The first-order chi connectivity index (χ1) is 9.97. The molecule has 1 unspecified atom stereocenters. The van der Waals surface area contributed by atoms with Gasteiger partial charge in [-0.05, 0) is 50.6 Å². The first-order valence-electron chi connectivity index (χ1n) is 7.41. The van der Waals surface area contributed by atoms with Crippen molar-refractivity contribution < 1.29 is 4.79 Å². The summed E-state index contributed by atoms with van der Waals surface area (Å²) < 4.78 is 0. The number of nitrogens with zero attached hydrogens (tertiary/aromatic N) is 2. The van der Waals surface area contributed by atoms with E-state index in [1.165, 1.54) is 19.4 Å². The summed E-state index contributed by atoms with van der Waals surface area (Å²) >= 11 is 6.23. The Labute approximate surface area is 132 Å². The molecule has 5 heteroatoms. The van der Waals surface area contributed by atoms with Gasteiger partial charge in [0.2, 0.25) is 0 Å². The maximum absolute atomic E-state index is 12.0. The van der Waals surface area contributed by atoms with Crippen LogP contribution in [0.25, 0.3) is 0 Å². The summed E-state index contributed by atoms with van der Waals surface area (Å²) in [6.07, 6.45) is 2.49. The first kappa shape index (κ1) is 16.1. The molecule has 1 saturated heterocycles. The van der Waals surface area contributed by atoms with Crippen molar-refractivity contribution in [1.82, 2.24) is 9.80 Å². The molecule has 1 heterocycles. The highest BCUT2D eigenvalue weighted by atomic mass is 35.5. The van der Waals surface area contributed by atoms with Crippen LogP contribution in [-0.2, 0) is 0 Å². The van der Waals surface area contributed by atoms with Crippen LogP contribution in [-0.4, -0.2) is 56.5 Å². The van der Waals surface area contributed by atoms with Gasteiger partial charge < -0.3 is 15.1 Å². The lowest BCUT2D eigenvalue weighted by molar-refractivity contribution is 0.0827. The molecule has 0 saturated carbocycles. The van der Waals surface area contributed by atoms with Crippen molar-refractivity contribution in [2.75, 3.05) is 46.1 Å². The van der Waals surface area contributed by atoms with Gasteiger partial charge in [-0.2, -0.15) is 0 Å². The monoisotopic (exact) mass is 309 g/mol. The smallest absolute Gasteiger partial charge is 0.253 e. The van der Waals surface area contributed by atoms with Crippen LogP contribution in [0.5, 0.6) is 0 Å². The summed E-state index contributed by atoms with van der Waals surface area (Å²) in [5, 5.41) is 4.07. The molecule has 1 aliphatic heterocycles. The van der Waals surface area contributed by atoms with Crippen LogP contribution in [0.4, 0.5) is 5.69 Å². The Morgan fingerprint density at radius 1 is 1.48 bits per heavy atom. The number of anilines is 1. The lowest BCUT2D eigenvalue weighted by Gasteiger charge is -2.30. The fourth-order valence-corrected chi connectivity index (χ4v) is 2.93. The number of rotatable bonds is 4. The van der Waals surface area contributed by atoms with Crippen molar-refractivity contribution in [1.29, 1.82) is 0 Å². The molecule has 0 aliphatic carbocycles. The predicted octanol–water partition coefficient (Wildman–Crippen LogP) is 2.80. The molecule has 4 nitrogen and oxygen atoms in total. The van der Waals surface area contributed by atoms with E-state index in [0.29, 0.717) is 16.5 Å². The maximum atomic E-state index is 12.0. The average molecular weight is 310 g/mol. The number of benzene rings is 1. The first-order valence-corrected chi connectivity index (χ1v) is 7.79. The molecule has 2 rings (SSSR count). The van der Waals surface area contributed by atoms with E-state index in [2.05, 4.69) is 17.3 Å². The average Bonchev–Trinajstić information content (AvgIpc) is 2.45. The van der Waals surface area contributed by atoms with Crippen LogP contribution in [0.2, 0.25) is 5.02 Å². The second-order valence-electron chi connectivity index (χ2n) is 6.05. The third-order valence-electron chi connectivity index (χ3n) is 3.92. The van der Waals surface area contributed by atoms with Crippen LogP contribution in [0.15, 0.2) is 18.2 Å². The minimum Gasteiger partial charge on any atom is -0.383 e. The highest BCUT2D eigenvalue weighted by Crippen LogP contribution is 2.25. The predicted molar refractivity (Wildman–Crippen MR) is 88.2 cm³/mol. The number of nitrogens with one attached hydrogen (secondary N) is 1. The number of likely N-dealkylation sites (tertiary alicyclic amines) is 1. The Balaban J connectivity index is 2.02. The molecule has 1 atom stereocenters. The zero-order valence-electron chi connectivity index (χ0n) is 13.0. The zero-order valence-corrected chi connectivity index (χ0v) is 13.8. The Morgan fingerprint density at radius 2 is 2.24 bits per heavy atom. The molecule has 0 radical (unpaired) electrons. The van der Waals surface area contributed by atoms with E-state index >= 15 is 0 Å². The van der Waals surface area contributed by atoms with Gasteiger partial charge in [0.15, 0.2) is 0 Å². The van der Waals surface area contributed by atoms with Gasteiger partial charge in [-0.3, -0.25) is 4.79 Å². The standard InChI is InChI=1S/C16H24ClN3O/c1-19(2)16(21)13-6-7-14(17)15(9-13)18-10-12-5-4-8-20(3)11-12/h6-7,9,12,18H,4-5,8,10-11H2,1-3H3. The van der Waals surface area contributed by atoms with Crippen molar-refractivity contribution in [2.45, 2.75) is 12.8 Å². The SMILES string of the molecule is CN1CCCC(CNc2cc(C(=O)N(C)C)ccc2Cl)C1. The molecule has 21 heavy (non-hydrogen) atoms. The van der Waals surface area contributed by atoms with Crippen molar-refractivity contribution in [3.05, 3.63) is 28.8 Å². The summed E-state index contributed by atoms with van der Waals surface area (Å²) in [7, 11) is 5.67. The lowest BCUT2D eigenvalue weighted by Crippen LogP contribution is -2.35. The molecular weight excluding hydrogens is 286 g/mol.